The average molecular weight is 227 g/mol. The number of carbonyl (C=O) groups excluding carboxylic acids is 2. The Hall–Kier alpha value is -1.10. The molecule has 0 bridgehead atoms. The molecule has 1 heterocycles. The van der Waals surface area contributed by atoms with Crippen LogP contribution in [0.2, 0.25) is 0 Å². The average Bonchev–Trinajstić information content (AvgIpc) is 2.25. The third-order valence-electron chi connectivity index (χ3n) is 2.75. The number of carbonyl (C=O) groups is 2. The quantitative estimate of drug-likeness (QED) is 0.561. The van der Waals surface area contributed by atoms with E-state index in [4.69, 9.17) is 0 Å². The van der Waals surface area contributed by atoms with Crippen LogP contribution in [0.1, 0.15) is 26.2 Å². The molecular formula is C11H21N3O2. The van der Waals surface area contributed by atoms with Gasteiger partial charge in [0.25, 0.3) is 0 Å². The smallest absolute Gasteiger partial charge is 0.220 e. The van der Waals surface area contributed by atoms with Crippen molar-refractivity contribution in [2.45, 2.75) is 26.2 Å². The summed E-state index contributed by atoms with van der Waals surface area (Å²) >= 11 is 0. The molecule has 1 fully saturated rings. The lowest BCUT2D eigenvalue weighted by atomic mass is 9.94. The minimum Gasteiger partial charge on any atom is -0.355 e. The first-order valence-corrected chi connectivity index (χ1v) is 5.90. The summed E-state index contributed by atoms with van der Waals surface area (Å²) in [6.07, 6.45) is 2.78. The highest BCUT2D eigenvalue weighted by molar-refractivity contribution is 5.76. The topological polar surface area (TPSA) is 70.2 Å². The number of hydrogen-bond acceptors (Lipinski definition) is 3. The summed E-state index contributed by atoms with van der Waals surface area (Å²) in [7, 11) is 0. The molecule has 1 aliphatic rings. The van der Waals surface area contributed by atoms with Crippen molar-refractivity contribution in [2.24, 2.45) is 5.92 Å². The molecular weight excluding hydrogens is 206 g/mol. The molecule has 0 spiro atoms. The number of amides is 2. The van der Waals surface area contributed by atoms with Gasteiger partial charge in [-0.2, -0.15) is 0 Å². The van der Waals surface area contributed by atoms with Crippen LogP contribution in [0.3, 0.4) is 0 Å². The molecule has 0 radical (unpaired) electrons. The van der Waals surface area contributed by atoms with Gasteiger partial charge in [0.1, 0.15) is 0 Å². The van der Waals surface area contributed by atoms with Gasteiger partial charge in [0.15, 0.2) is 0 Å². The van der Waals surface area contributed by atoms with E-state index in [0.717, 1.165) is 25.9 Å². The highest BCUT2D eigenvalue weighted by atomic mass is 16.2. The van der Waals surface area contributed by atoms with E-state index in [9.17, 15) is 9.59 Å². The molecule has 0 unspecified atom stereocenters. The fourth-order valence-electron chi connectivity index (χ4n) is 1.86. The van der Waals surface area contributed by atoms with E-state index >= 15 is 0 Å². The van der Waals surface area contributed by atoms with E-state index in [0.29, 0.717) is 25.4 Å². The summed E-state index contributed by atoms with van der Waals surface area (Å²) in [4.78, 5) is 22.1. The van der Waals surface area contributed by atoms with E-state index in [1.165, 1.54) is 6.92 Å². The van der Waals surface area contributed by atoms with Crippen LogP contribution >= 0.6 is 0 Å². The molecule has 0 aliphatic carbocycles. The van der Waals surface area contributed by atoms with Crippen LogP contribution in [0.5, 0.6) is 0 Å². The summed E-state index contributed by atoms with van der Waals surface area (Å²) < 4.78 is 0. The monoisotopic (exact) mass is 227 g/mol. The fraction of sp³-hybridized carbons (Fsp3) is 0.818. The number of nitrogens with one attached hydrogen (secondary N) is 3. The minimum atomic E-state index is -0.0624. The zero-order valence-corrected chi connectivity index (χ0v) is 9.84. The Morgan fingerprint density at radius 2 is 1.81 bits per heavy atom. The van der Waals surface area contributed by atoms with Gasteiger partial charge in [-0.1, -0.05) is 0 Å². The molecule has 0 aromatic heterocycles. The molecule has 1 aliphatic heterocycles. The first kappa shape index (κ1) is 13.0. The van der Waals surface area contributed by atoms with Gasteiger partial charge in [-0.3, -0.25) is 9.59 Å². The van der Waals surface area contributed by atoms with Crippen molar-refractivity contribution < 1.29 is 9.59 Å². The molecule has 0 saturated carbocycles. The fourth-order valence-corrected chi connectivity index (χ4v) is 1.86. The van der Waals surface area contributed by atoms with E-state index in [2.05, 4.69) is 16.0 Å². The zero-order chi connectivity index (χ0) is 11.8. The summed E-state index contributed by atoms with van der Waals surface area (Å²) in [5, 5.41) is 8.73. The SMILES string of the molecule is CC(=O)NCCNC(=O)CC1CCNCC1. The number of rotatable bonds is 5. The predicted molar refractivity (Wildman–Crippen MR) is 61.9 cm³/mol. The second-order valence-electron chi connectivity index (χ2n) is 4.23. The molecule has 1 rings (SSSR count). The third kappa shape index (κ3) is 5.70. The van der Waals surface area contributed by atoms with Crippen LogP contribution in [0.25, 0.3) is 0 Å². The van der Waals surface area contributed by atoms with Gasteiger partial charge in [-0.15, -0.1) is 0 Å². The Balaban J connectivity index is 2.03. The first-order chi connectivity index (χ1) is 7.68. The van der Waals surface area contributed by atoms with Crippen LogP contribution < -0.4 is 16.0 Å². The van der Waals surface area contributed by atoms with Gasteiger partial charge in [0, 0.05) is 26.4 Å². The van der Waals surface area contributed by atoms with E-state index in [1.54, 1.807) is 0 Å². The maximum absolute atomic E-state index is 11.5. The summed E-state index contributed by atoms with van der Waals surface area (Å²) in [6.45, 7) is 4.53. The molecule has 0 aromatic rings. The Morgan fingerprint density at radius 1 is 1.19 bits per heavy atom. The maximum atomic E-state index is 11.5. The highest BCUT2D eigenvalue weighted by Crippen LogP contribution is 2.15. The lowest BCUT2D eigenvalue weighted by Crippen LogP contribution is -2.36. The van der Waals surface area contributed by atoms with Crippen molar-refractivity contribution in [3.8, 4) is 0 Å². The molecule has 5 nitrogen and oxygen atoms in total. The Morgan fingerprint density at radius 3 is 2.44 bits per heavy atom. The van der Waals surface area contributed by atoms with Gasteiger partial charge in [-0.25, -0.2) is 0 Å². The summed E-state index contributed by atoms with van der Waals surface area (Å²) in [6, 6.07) is 0. The van der Waals surface area contributed by atoms with Crippen molar-refractivity contribution in [1.29, 1.82) is 0 Å². The Kier molecular flexibility index (Phi) is 5.85. The second kappa shape index (κ2) is 7.22. The predicted octanol–water partition coefficient (Wildman–Crippen LogP) is -0.372. The van der Waals surface area contributed by atoms with Gasteiger partial charge in [0.2, 0.25) is 11.8 Å². The summed E-state index contributed by atoms with van der Waals surface area (Å²) in [5.41, 5.74) is 0. The maximum Gasteiger partial charge on any atom is 0.220 e. The van der Waals surface area contributed by atoms with Crippen LogP contribution in [-0.2, 0) is 9.59 Å². The summed E-state index contributed by atoms with van der Waals surface area (Å²) in [5.74, 6) is 0.548. The molecule has 0 atom stereocenters. The normalized spacial score (nSPS) is 16.8. The third-order valence-corrected chi connectivity index (χ3v) is 2.75. The number of piperidine rings is 1. The number of hydrogen-bond donors (Lipinski definition) is 3. The largest absolute Gasteiger partial charge is 0.355 e. The van der Waals surface area contributed by atoms with Gasteiger partial charge >= 0.3 is 0 Å². The molecule has 1 saturated heterocycles. The molecule has 0 aromatic carbocycles. The minimum absolute atomic E-state index is 0.0624. The van der Waals surface area contributed by atoms with Crippen molar-refractivity contribution >= 4 is 11.8 Å². The van der Waals surface area contributed by atoms with Gasteiger partial charge in [0.05, 0.1) is 0 Å². The lowest BCUT2D eigenvalue weighted by molar-refractivity contribution is -0.123. The van der Waals surface area contributed by atoms with Crippen molar-refractivity contribution in [3.05, 3.63) is 0 Å². The molecule has 3 N–H and O–H groups in total. The Labute approximate surface area is 96.4 Å². The van der Waals surface area contributed by atoms with Crippen molar-refractivity contribution in [2.75, 3.05) is 26.2 Å². The van der Waals surface area contributed by atoms with Crippen molar-refractivity contribution in [1.82, 2.24) is 16.0 Å². The standard InChI is InChI=1S/C11H21N3O2/c1-9(15)13-6-7-14-11(16)8-10-2-4-12-5-3-10/h10,12H,2-8H2,1H3,(H,13,15)(H,14,16). The lowest BCUT2D eigenvalue weighted by Gasteiger charge is -2.21. The van der Waals surface area contributed by atoms with Crippen LogP contribution in [0.4, 0.5) is 0 Å². The van der Waals surface area contributed by atoms with Crippen LogP contribution in [-0.4, -0.2) is 38.0 Å². The molecule has 16 heavy (non-hydrogen) atoms. The van der Waals surface area contributed by atoms with Crippen molar-refractivity contribution in [3.63, 3.8) is 0 Å². The molecule has 2 amide bonds. The van der Waals surface area contributed by atoms with Gasteiger partial charge < -0.3 is 16.0 Å². The van der Waals surface area contributed by atoms with E-state index in [1.807, 2.05) is 0 Å². The Bertz CT molecular complexity index is 237. The van der Waals surface area contributed by atoms with Crippen LogP contribution in [0.15, 0.2) is 0 Å². The van der Waals surface area contributed by atoms with Crippen LogP contribution in [0, 0.1) is 5.92 Å². The highest BCUT2D eigenvalue weighted by Gasteiger charge is 2.16. The first-order valence-electron chi connectivity index (χ1n) is 5.90. The van der Waals surface area contributed by atoms with E-state index in [-0.39, 0.29) is 11.8 Å². The zero-order valence-electron chi connectivity index (χ0n) is 9.84. The molecule has 5 heteroatoms. The van der Waals surface area contributed by atoms with E-state index < -0.39 is 0 Å². The molecule has 92 valence electrons. The van der Waals surface area contributed by atoms with Gasteiger partial charge in [-0.05, 0) is 31.8 Å². The second-order valence-corrected chi connectivity index (χ2v) is 4.23.